The largest absolute Gasteiger partial charge is 0.481 e. The van der Waals surface area contributed by atoms with Crippen LogP contribution in [0.25, 0.3) is 11.1 Å². The predicted octanol–water partition coefficient (Wildman–Crippen LogP) is 5.83. The number of carbonyl (C=O) groups excluding carboxylic acids is 1. The van der Waals surface area contributed by atoms with Gasteiger partial charge in [-0.15, -0.1) is 6.42 Å². The van der Waals surface area contributed by atoms with Gasteiger partial charge in [0.2, 0.25) is 5.91 Å². The molecule has 1 aliphatic heterocycles. The number of carbonyl (C=O) groups is 2. The van der Waals surface area contributed by atoms with Gasteiger partial charge >= 0.3 is 12.1 Å². The summed E-state index contributed by atoms with van der Waals surface area (Å²) < 4.78 is 57.0. The lowest BCUT2D eigenvalue weighted by Crippen LogP contribution is -2.41. The van der Waals surface area contributed by atoms with E-state index in [1.165, 1.54) is 18.3 Å². The number of carboxylic acids is 1. The number of carboxylic acid groups (broad SMARTS) is 1. The van der Waals surface area contributed by atoms with Gasteiger partial charge in [-0.25, -0.2) is 9.37 Å². The molecule has 3 aromatic rings. The minimum atomic E-state index is -4.76. The van der Waals surface area contributed by atoms with E-state index in [-0.39, 0.29) is 35.6 Å². The SMILES string of the molecule is C#Cc1ncc([C@@H](CC(=O)O)NC(=O)[C@H](CC(C)C)n2cc(CCN3CCC3)c(C(F)(F)F)cc2=O)cc1-c1c(C)cc(F)cc1C. The van der Waals surface area contributed by atoms with Crippen LogP contribution in [0.1, 0.15) is 78.7 Å². The Bertz CT molecular complexity index is 1730. The number of nitrogens with zero attached hydrogens (tertiary/aromatic N) is 3. The number of aliphatic carboxylic acids is 1. The maximum Gasteiger partial charge on any atom is 0.416 e. The molecule has 2 N–H and O–H groups in total. The van der Waals surface area contributed by atoms with Gasteiger partial charge in [-0.05, 0) is 104 Å². The van der Waals surface area contributed by atoms with E-state index in [4.69, 9.17) is 6.42 Å². The van der Waals surface area contributed by atoms with E-state index >= 15 is 0 Å². The molecule has 0 aliphatic carbocycles. The van der Waals surface area contributed by atoms with Crippen LogP contribution in [0.15, 0.2) is 41.5 Å². The Morgan fingerprint density at radius 3 is 2.32 bits per heavy atom. The zero-order valence-corrected chi connectivity index (χ0v) is 26.7. The number of terminal acetylenes is 1. The highest BCUT2D eigenvalue weighted by atomic mass is 19.4. The molecule has 2 aromatic heterocycles. The molecule has 1 amide bonds. The first-order valence-corrected chi connectivity index (χ1v) is 15.4. The van der Waals surface area contributed by atoms with Crippen molar-refractivity contribution in [3.63, 3.8) is 0 Å². The first-order valence-electron chi connectivity index (χ1n) is 15.4. The molecule has 0 spiro atoms. The van der Waals surface area contributed by atoms with Crippen molar-refractivity contribution in [3.8, 4) is 23.5 Å². The lowest BCUT2D eigenvalue weighted by molar-refractivity contribution is -0.139. The fourth-order valence-corrected chi connectivity index (χ4v) is 5.98. The number of hydrogen-bond donors (Lipinski definition) is 2. The number of hydrogen-bond acceptors (Lipinski definition) is 5. The summed E-state index contributed by atoms with van der Waals surface area (Å²) in [5, 5.41) is 12.5. The molecule has 0 unspecified atom stereocenters. The summed E-state index contributed by atoms with van der Waals surface area (Å²) in [5.41, 5.74) is 0.568. The summed E-state index contributed by atoms with van der Waals surface area (Å²) in [6, 6.07) is 2.42. The quantitative estimate of drug-likeness (QED) is 0.188. The fraction of sp³-hybridized carbons (Fsp3) is 0.429. The van der Waals surface area contributed by atoms with Gasteiger partial charge in [-0.2, -0.15) is 13.2 Å². The molecule has 0 radical (unpaired) electrons. The Labute approximate surface area is 270 Å². The van der Waals surface area contributed by atoms with E-state index in [0.29, 0.717) is 34.9 Å². The molecule has 8 nitrogen and oxygen atoms in total. The molecule has 47 heavy (non-hydrogen) atoms. The highest BCUT2D eigenvalue weighted by Crippen LogP contribution is 2.34. The van der Waals surface area contributed by atoms with Crippen LogP contribution in [0.3, 0.4) is 0 Å². The van der Waals surface area contributed by atoms with Gasteiger partial charge in [-0.3, -0.25) is 14.4 Å². The van der Waals surface area contributed by atoms with Crippen LogP contribution < -0.4 is 10.9 Å². The third kappa shape index (κ3) is 8.46. The van der Waals surface area contributed by atoms with E-state index in [1.807, 2.05) is 4.90 Å². The summed E-state index contributed by atoms with van der Waals surface area (Å²) in [6.07, 6.45) is 3.93. The number of likely N-dealkylation sites (tertiary alicyclic amines) is 1. The molecule has 2 atom stereocenters. The lowest BCUT2D eigenvalue weighted by atomic mass is 9.92. The van der Waals surface area contributed by atoms with Crippen LogP contribution in [-0.2, 0) is 22.2 Å². The maximum absolute atomic E-state index is 14.1. The second kappa shape index (κ2) is 14.5. The molecule has 12 heteroatoms. The van der Waals surface area contributed by atoms with Crippen LogP contribution in [0.5, 0.6) is 0 Å². The van der Waals surface area contributed by atoms with Gasteiger partial charge in [0, 0.05) is 30.6 Å². The summed E-state index contributed by atoms with van der Waals surface area (Å²) in [7, 11) is 0. The maximum atomic E-state index is 14.1. The Hall–Kier alpha value is -4.50. The van der Waals surface area contributed by atoms with Crippen LogP contribution in [-0.4, -0.2) is 51.1 Å². The first kappa shape index (κ1) is 35.4. The highest BCUT2D eigenvalue weighted by molar-refractivity contribution is 5.82. The molecule has 1 fully saturated rings. The third-order valence-electron chi connectivity index (χ3n) is 8.36. The van der Waals surface area contributed by atoms with E-state index < -0.39 is 53.5 Å². The van der Waals surface area contributed by atoms with Gasteiger partial charge in [0.25, 0.3) is 5.56 Å². The Morgan fingerprint density at radius 1 is 1.13 bits per heavy atom. The smallest absolute Gasteiger partial charge is 0.416 e. The van der Waals surface area contributed by atoms with Crippen molar-refractivity contribution < 1.29 is 32.3 Å². The monoisotopic (exact) mass is 654 g/mol. The van der Waals surface area contributed by atoms with Crippen molar-refractivity contribution >= 4 is 11.9 Å². The Kier molecular flexibility index (Phi) is 10.9. The standard InChI is InChI=1S/C35H38F4N4O4/c1-6-28-26(33-21(4)13-25(36)14-22(33)5)15-24(18-40-28)29(17-32(45)46)41-34(47)30(12-20(2)3)43-19-23(8-11-42-9-7-10-42)27(16-31(43)44)35(37,38)39/h1,13-16,18-20,29-30H,7-12,17H2,2-5H3,(H,41,47)(H,45,46)/t29-,30+/m1/s1. The summed E-state index contributed by atoms with van der Waals surface area (Å²) in [5.74, 6) is -0.0858. The van der Waals surface area contributed by atoms with Gasteiger partial charge in [-0.1, -0.05) is 13.8 Å². The van der Waals surface area contributed by atoms with Crippen molar-refractivity contribution in [1.29, 1.82) is 0 Å². The van der Waals surface area contributed by atoms with Crippen molar-refractivity contribution in [2.24, 2.45) is 5.92 Å². The molecule has 0 bridgehead atoms. The summed E-state index contributed by atoms with van der Waals surface area (Å²) in [4.78, 5) is 45.5. The number of nitrogens with one attached hydrogen (secondary N) is 1. The number of halogens is 4. The van der Waals surface area contributed by atoms with E-state index in [1.54, 1.807) is 33.8 Å². The normalized spacial score (nSPS) is 14.7. The van der Waals surface area contributed by atoms with Crippen molar-refractivity contribution in [1.82, 2.24) is 19.8 Å². The molecule has 250 valence electrons. The zero-order chi connectivity index (χ0) is 34.6. The minimum Gasteiger partial charge on any atom is -0.481 e. The van der Waals surface area contributed by atoms with Crippen molar-refractivity contribution in [2.75, 3.05) is 19.6 Å². The van der Waals surface area contributed by atoms with E-state index in [0.717, 1.165) is 30.3 Å². The Balaban J connectivity index is 1.76. The van der Waals surface area contributed by atoms with Crippen molar-refractivity contribution in [2.45, 2.75) is 71.6 Å². The molecule has 3 heterocycles. The second-order valence-corrected chi connectivity index (χ2v) is 12.4. The molecule has 4 rings (SSSR count). The van der Waals surface area contributed by atoms with Crippen molar-refractivity contribution in [3.05, 3.63) is 86.3 Å². The van der Waals surface area contributed by atoms with Crippen LogP contribution in [0.2, 0.25) is 0 Å². The highest BCUT2D eigenvalue weighted by Gasteiger charge is 2.36. The summed E-state index contributed by atoms with van der Waals surface area (Å²) in [6.45, 7) is 8.94. The average Bonchev–Trinajstić information content (AvgIpc) is 2.94. The minimum absolute atomic E-state index is 0.0327. The van der Waals surface area contributed by atoms with E-state index in [2.05, 4.69) is 16.2 Å². The topological polar surface area (TPSA) is 105 Å². The second-order valence-electron chi connectivity index (χ2n) is 12.4. The number of benzene rings is 1. The fourth-order valence-electron chi connectivity index (χ4n) is 5.98. The lowest BCUT2D eigenvalue weighted by Gasteiger charge is -2.31. The number of aromatic nitrogens is 2. The predicted molar refractivity (Wildman–Crippen MR) is 169 cm³/mol. The number of aryl methyl sites for hydroxylation is 2. The van der Waals surface area contributed by atoms with Gasteiger partial charge in [0.15, 0.2) is 0 Å². The zero-order valence-electron chi connectivity index (χ0n) is 26.7. The molecule has 1 aromatic carbocycles. The summed E-state index contributed by atoms with van der Waals surface area (Å²) >= 11 is 0. The van der Waals surface area contributed by atoms with Gasteiger partial charge < -0.3 is 19.9 Å². The number of amides is 1. The van der Waals surface area contributed by atoms with Crippen LogP contribution in [0.4, 0.5) is 17.6 Å². The molecule has 1 saturated heterocycles. The molecular formula is C35H38F4N4O4. The number of pyridine rings is 2. The number of alkyl halides is 3. The molecule has 0 saturated carbocycles. The third-order valence-corrected chi connectivity index (χ3v) is 8.36. The van der Waals surface area contributed by atoms with E-state index in [9.17, 15) is 37.1 Å². The first-order chi connectivity index (χ1) is 22.1. The average molecular weight is 655 g/mol. The van der Waals surface area contributed by atoms with Crippen LogP contribution >= 0.6 is 0 Å². The molecule has 1 aliphatic rings. The van der Waals surface area contributed by atoms with Gasteiger partial charge in [0.05, 0.1) is 18.0 Å². The van der Waals surface area contributed by atoms with Crippen LogP contribution in [0, 0.1) is 37.9 Å². The number of rotatable bonds is 12. The van der Waals surface area contributed by atoms with Gasteiger partial charge in [0.1, 0.15) is 17.6 Å². The molecular weight excluding hydrogens is 616 g/mol. The Morgan fingerprint density at radius 2 is 1.79 bits per heavy atom.